The summed E-state index contributed by atoms with van der Waals surface area (Å²) in [4.78, 5) is 11.4. The largest absolute Gasteiger partial charge is 0.458 e. The summed E-state index contributed by atoms with van der Waals surface area (Å²) in [5.74, 6) is -0.00225. The highest BCUT2D eigenvalue weighted by Gasteiger charge is 2.39. The number of carbonyl (C=O) groups is 1. The zero-order valence-electron chi connectivity index (χ0n) is 12.4. The first kappa shape index (κ1) is 16.7. The molecule has 0 aliphatic carbocycles. The summed E-state index contributed by atoms with van der Waals surface area (Å²) in [5.41, 5.74) is 0.858. The Morgan fingerprint density at radius 1 is 1.27 bits per heavy atom. The van der Waals surface area contributed by atoms with Crippen molar-refractivity contribution in [1.29, 1.82) is 0 Å². The Labute approximate surface area is 128 Å². The molecule has 0 aromatic heterocycles. The van der Waals surface area contributed by atoms with Gasteiger partial charge in [-0.15, -0.1) is 0 Å². The highest BCUT2D eigenvalue weighted by Crippen LogP contribution is 2.31. The average Bonchev–Trinajstić information content (AvgIpc) is 2.50. The number of hydrogen-bond acceptors (Lipinski definition) is 7. The molecule has 1 aliphatic rings. The normalized spacial score (nSPS) is 28.2. The van der Waals surface area contributed by atoms with Crippen LogP contribution in [-0.4, -0.2) is 52.5 Å². The van der Waals surface area contributed by atoms with Gasteiger partial charge >= 0.3 is 5.97 Å². The molecule has 22 heavy (non-hydrogen) atoms. The molecule has 0 bridgehead atoms. The van der Waals surface area contributed by atoms with Gasteiger partial charge in [0.2, 0.25) is 6.29 Å². The van der Waals surface area contributed by atoms with Crippen LogP contribution in [0, 0.1) is 6.92 Å². The van der Waals surface area contributed by atoms with Gasteiger partial charge in [-0.25, -0.2) is 0 Å². The number of rotatable bonds is 4. The Bertz CT molecular complexity index is 531. The molecule has 0 saturated carbocycles. The first-order valence-electron chi connectivity index (χ1n) is 7.06. The predicted octanol–water partition coefficient (Wildman–Crippen LogP) is 0.128. The quantitative estimate of drug-likeness (QED) is 0.536. The van der Waals surface area contributed by atoms with Crippen molar-refractivity contribution in [3.8, 4) is 11.5 Å². The summed E-state index contributed by atoms with van der Waals surface area (Å²) in [7, 11) is 0. The van der Waals surface area contributed by atoms with Gasteiger partial charge in [-0.2, -0.15) is 0 Å². The fraction of sp³-hybridized carbons (Fsp3) is 0.533. The van der Waals surface area contributed by atoms with Gasteiger partial charge in [0, 0.05) is 6.42 Å². The molecule has 0 radical (unpaired) electrons. The molecule has 0 amide bonds. The van der Waals surface area contributed by atoms with Gasteiger partial charge in [-0.3, -0.25) is 4.79 Å². The molecule has 1 aromatic carbocycles. The third-order valence-corrected chi connectivity index (χ3v) is 3.31. The number of esters is 1. The van der Waals surface area contributed by atoms with E-state index in [1.807, 2.05) is 6.92 Å². The second-order valence-corrected chi connectivity index (χ2v) is 5.15. The van der Waals surface area contributed by atoms with E-state index in [1.54, 1.807) is 25.1 Å². The average molecular weight is 312 g/mol. The minimum Gasteiger partial charge on any atom is -0.458 e. The molecule has 3 N–H and O–H groups in total. The standard InChI is InChI=1S/C15H20O7/c1-3-12(17)21-10-5-4-8(2)6-11(10)22-15-14(19)13(18)9(16)7-20-15/h4-6,9,13-16,18-19H,3,7H2,1-2H3/t9-,13+,14-,15+/m1/s1. The Kier molecular flexibility index (Phi) is 5.36. The van der Waals surface area contributed by atoms with Gasteiger partial charge in [0.05, 0.1) is 6.61 Å². The summed E-state index contributed by atoms with van der Waals surface area (Å²) >= 11 is 0. The lowest BCUT2D eigenvalue weighted by Crippen LogP contribution is -2.54. The number of ether oxygens (including phenoxy) is 3. The van der Waals surface area contributed by atoms with Crippen molar-refractivity contribution in [1.82, 2.24) is 0 Å². The number of aliphatic hydroxyl groups excluding tert-OH is 3. The molecule has 7 nitrogen and oxygen atoms in total. The first-order chi connectivity index (χ1) is 10.4. The van der Waals surface area contributed by atoms with Crippen LogP contribution < -0.4 is 9.47 Å². The molecule has 7 heteroatoms. The molecule has 0 unspecified atom stereocenters. The van der Waals surface area contributed by atoms with Crippen LogP contribution in [0.5, 0.6) is 11.5 Å². The molecular formula is C15H20O7. The number of benzene rings is 1. The third kappa shape index (κ3) is 3.75. The maximum Gasteiger partial charge on any atom is 0.311 e. The van der Waals surface area contributed by atoms with E-state index in [2.05, 4.69) is 0 Å². The van der Waals surface area contributed by atoms with Crippen LogP contribution in [0.15, 0.2) is 18.2 Å². The summed E-state index contributed by atoms with van der Waals surface area (Å²) in [6, 6.07) is 4.96. The number of hydrogen-bond donors (Lipinski definition) is 3. The third-order valence-electron chi connectivity index (χ3n) is 3.31. The van der Waals surface area contributed by atoms with E-state index < -0.39 is 30.6 Å². The van der Waals surface area contributed by atoms with Gasteiger partial charge in [0.1, 0.15) is 18.3 Å². The number of carbonyl (C=O) groups excluding carboxylic acids is 1. The molecule has 0 spiro atoms. The lowest BCUT2D eigenvalue weighted by Gasteiger charge is -2.35. The van der Waals surface area contributed by atoms with Gasteiger partial charge in [0.15, 0.2) is 11.5 Å². The van der Waals surface area contributed by atoms with Crippen molar-refractivity contribution in [2.75, 3.05) is 6.61 Å². The van der Waals surface area contributed by atoms with Gasteiger partial charge < -0.3 is 29.5 Å². The summed E-state index contributed by atoms with van der Waals surface area (Å²) < 4.78 is 15.9. The van der Waals surface area contributed by atoms with Crippen LogP contribution in [0.4, 0.5) is 0 Å². The van der Waals surface area contributed by atoms with Crippen LogP contribution in [-0.2, 0) is 9.53 Å². The lowest BCUT2D eigenvalue weighted by atomic mass is 10.1. The van der Waals surface area contributed by atoms with Crippen molar-refractivity contribution in [2.45, 2.75) is 44.9 Å². The van der Waals surface area contributed by atoms with Crippen LogP contribution in [0.2, 0.25) is 0 Å². The maximum absolute atomic E-state index is 11.4. The van der Waals surface area contributed by atoms with E-state index in [1.165, 1.54) is 0 Å². The zero-order valence-corrected chi connectivity index (χ0v) is 12.4. The summed E-state index contributed by atoms with van der Waals surface area (Å²) in [6.45, 7) is 3.33. The lowest BCUT2D eigenvalue weighted by molar-refractivity contribution is -0.242. The van der Waals surface area contributed by atoms with Crippen molar-refractivity contribution in [2.24, 2.45) is 0 Å². The topological polar surface area (TPSA) is 105 Å². The number of aliphatic hydroxyl groups is 3. The molecule has 1 aromatic rings. The van der Waals surface area contributed by atoms with E-state index in [0.717, 1.165) is 5.56 Å². The molecule has 122 valence electrons. The Morgan fingerprint density at radius 3 is 2.68 bits per heavy atom. The fourth-order valence-corrected chi connectivity index (χ4v) is 1.99. The predicted molar refractivity (Wildman–Crippen MR) is 75.5 cm³/mol. The first-order valence-corrected chi connectivity index (χ1v) is 7.06. The minimum absolute atomic E-state index is 0.168. The van der Waals surface area contributed by atoms with E-state index >= 15 is 0 Å². The molecule has 2 rings (SSSR count). The Morgan fingerprint density at radius 2 is 2.00 bits per heavy atom. The van der Waals surface area contributed by atoms with Crippen LogP contribution in [0.1, 0.15) is 18.9 Å². The van der Waals surface area contributed by atoms with Gasteiger partial charge in [-0.1, -0.05) is 13.0 Å². The molecule has 1 heterocycles. The Balaban J connectivity index is 2.17. The van der Waals surface area contributed by atoms with Crippen molar-refractivity contribution in [3.63, 3.8) is 0 Å². The second-order valence-electron chi connectivity index (χ2n) is 5.15. The summed E-state index contributed by atoms with van der Waals surface area (Å²) in [5, 5.41) is 29.0. The molecule has 1 saturated heterocycles. The van der Waals surface area contributed by atoms with Crippen LogP contribution in [0.3, 0.4) is 0 Å². The molecule has 1 aliphatic heterocycles. The summed E-state index contributed by atoms with van der Waals surface area (Å²) in [6.07, 6.45) is -4.92. The van der Waals surface area contributed by atoms with E-state index in [0.29, 0.717) is 0 Å². The highest BCUT2D eigenvalue weighted by molar-refractivity contribution is 5.72. The van der Waals surface area contributed by atoms with Crippen molar-refractivity contribution >= 4 is 5.97 Å². The van der Waals surface area contributed by atoms with Crippen molar-refractivity contribution in [3.05, 3.63) is 23.8 Å². The highest BCUT2D eigenvalue weighted by atomic mass is 16.7. The monoisotopic (exact) mass is 312 g/mol. The van der Waals surface area contributed by atoms with Crippen molar-refractivity contribution < 1.29 is 34.3 Å². The molecule has 4 atom stereocenters. The van der Waals surface area contributed by atoms with E-state index in [9.17, 15) is 20.1 Å². The SMILES string of the molecule is CCC(=O)Oc1ccc(C)cc1O[C@@H]1OC[C@@H](O)[C@H](O)[C@H]1O. The molecular weight excluding hydrogens is 292 g/mol. The minimum atomic E-state index is -1.42. The Hall–Kier alpha value is -1.67. The van der Waals surface area contributed by atoms with Crippen LogP contribution >= 0.6 is 0 Å². The zero-order chi connectivity index (χ0) is 16.3. The van der Waals surface area contributed by atoms with E-state index in [4.69, 9.17) is 14.2 Å². The smallest absolute Gasteiger partial charge is 0.311 e. The molecule has 1 fully saturated rings. The van der Waals surface area contributed by atoms with E-state index in [-0.39, 0.29) is 24.5 Å². The number of aryl methyl sites for hydroxylation is 1. The van der Waals surface area contributed by atoms with Gasteiger partial charge in [0.25, 0.3) is 0 Å². The second kappa shape index (κ2) is 7.06. The maximum atomic E-state index is 11.4. The van der Waals surface area contributed by atoms with Gasteiger partial charge in [-0.05, 0) is 24.6 Å². The van der Waals surface area contributed by atoms with Crippen LogP contribution in [0.25, 0.3) is 0 Å². The fourth-order valence-electron chi connectivity index (χ4n) is 1.99.